The maximum absolute atomic E-state index is 11.3. The van der Waals surface area contributed by atoms with Crippen LogP contribution in [0.25, 0.3) is 5.57 Å². The topological polar surface area (TPSA) is 72.6 Å². The second kappa shape index (κ2) is 5.18. The molecular weight excluding hydrogens is 234 g/mol. The Hall–Kier alpha value is -2.56. The second-order valence-corrected chi connectivity index (χ2v) is 3.47. The van der Waals surface area contributed by atoms with Gasteiger partial charge in [0.15, 0.2) is 0 Å². The number of phenols is 1. The van der Waals surface area contributed by atoms with Gasteiger partial charge in [-0.3, -0.25) is 0 Å². The summed E-state index contributed by atoms with van der Waals surface area (Å²) in [6.45, 7) is 0. The summed E-state index contributed by atoms with van der Waals surface area (Å²) in [6, 6.07) is 6.36. The van der Waals surface area contributed by atoms with Crippen molar-refractivity contribution >= 4 is 11.5 Å². The Bertz CT molecular complexity index is 555. The van der Waals surface area contributed by atoms with E-state index in [9.17, 15) is 9.90 Å². The molecule has 0 amide bonds. The third kappa shape index (κ3) is 2.57. The minimum atomic E-state index is -0.503. The number of benzene rings is 1. The SMILES string of the molecule is COC(=O)C=C(c1ccc(O)cc1)c1ncco1. The lowest BCUT2D eigenvalue weighted by Crippen LogP contribution is -1.98. The average molecular weight is 245 g/mol. The van der Waals surface area contributed by atoms with E-state index in [1.54, 1.807) is 12.1 Å². The van der Waals surface area contributed by atoms with Gasteiger partial charge in [0.2, 0.25) is 5.89 Å². The number of hydrogen-bond acceptors (Lipinski definition) is 5. The molecule has 0 aliphatic carbocycles. The highest BCUT2D eigenvalue weighted by molar-refractivity contribution is 5.94. The molecule has 2 aromatic rings. The number of carbonyl (C=O) groups excluding carboxylic acids is 1. The molecule has 1 aromatic heterocycles. The lowest BCUT2D eigenvalue weighted by Gasteiger charge is -2.03. The summed E-state index contributed by atoms with van der Waals surface area (Å²) >= 11 is 0. The van der Waals surface area contributed by atoms with Crippen molar-refractivity contribution in [3.8, 4) is 5.75 Å². The van der Waals surface area contributed by atoms with Gasteiger partial charge in [-0.2, -0.15) is 0 Å². The van der Waals surface area contributed by atoms with Gasteiger partial charge in [-0.25, -0.2) is 9.78 Å². The van der Waals surface area contributed by atoms with E-state index in [0.29, 0.717) is 17.0 Å². The smallest absolute Gasteiger partial charge is 0.331 e. The first-order valence-electron chi connectivity index (χ1n) is 5.19. The van der Waals surface area contributed by atoms with E-state index in [1.807, 2.05) is 0 Å². The molecule has 18 heavy (non-hydrogen) atoms. The highest BCUT2D eigenvalue weighted by Crippen LogP contribution is 2.23. The number of aromatic hydroxyl groups is 1. The summed E-state index contributed by atoms with van der Waals surface area (Å²) in [5.74, 6) is -0.0501. The number of carbonyl (C=O) groups is 1. The van der Waals surface area contributed by atoms with Crippen LogP contribution in [-0.2, 0) is 9.53 Å². The molecule has 0 saturated carbocycles. The van der Waals surface area contributed by atoms with Crippen molar-refractivity contribution < 1.29 is 19.1 Å². The monoisotopic (exact) mass is 245 g/mol. The highest BCUT2D eigenvalue weighted by Gasteiger charge is 2.12. The molecule has 0 atom stereocenters. The summed E-state index contributed by atoms with van der Waals surface area (Å²) in [5.41, 5.74) is 1.19. The van der Waals surface area contributed by atoms with Crippen LogP contribution in [0.5, 0.6) is 5.75 Å². The Morgan fingerprint density at radius 3 is 2.67 bits per heavy atom. The van der Waals surface area contributed by atoms with Gasteiger partial charge in [0.1, 0.15) is 12.0 Å². The number of methoxy groups -OCH3 is 1. The van der Waals surface area contributed by atoms with Crippen LogP contribution in [0.4, 0.5) is 0 Å². The van der Waals surface area contributed by atoms with Gasteiger partial charge in [0.05, 0.1) is 18.9 Å². The molecule has 1 heterocycles. The van der Waals surface area contributed by atoms with Gasteiger partial charge >= 0.3 is 5.97 Å². The minimum absolute atomic E-state index is 0.142. The highest BCUT2D eigenvalue weighted by atomic mass is 16.5. The van der Waals surface area contributed by atoms with Gasteiger partial charge in [-0.1, -0.05) is 12.1 Å². The molecule has 0 spiro atoms. The first-order valence-corrected chi connectivity index (χ1v) is 5.19. The van der Waals surface area contributed by atoms with Crippen LogP contribution < -0.4 is 0 Å². The predicted molar refractivity (Wildman–Crippen MR) is 63.7 cm³/mol. The van der Waals surface area contributed by atoms with Crippen molar-refractivity contribution in [3.63, 3.8) is 0 Å². The number of esters is 1. The van der Waals surface area contributed by atoms with Crippen molar-refractivity contribution in [3.05, 3.63) is 54.3 Å². The van der Waals surface area contributed by atoms with E-state index in [-0.39, 0.29) is 5.75 Å². The average Bonchev–Trinajstić information content (AvgIpc) is 2.90. The summed E-state index contributed by atoms with van der Waals surface area (Å²) in [6.07, 6.45) is 4.19. The van der Waals surface area contributed by atoms with E-state index in [0.717, 1.165) is 0 Å². The maximum Gasteiger partial charge on any atom is 0.331 e. The summed E-state index contributed by atoms with van der Waals surface area (Å²) < 4.78 is 9.77. The molecular formula is C13H11NO4. The molecule has 0 radical (unpaired) electrons. The number of oxazole rings is 1. The molecule has 1 aromatic carbocycles. The molecule has 0 unspecified atom stereocenters. The second-order valence-electron chi connectivity index (χ2n) is 3.47. The zero-order chi connectivity index (χ0) is 13.0. The van der Waals surface area contributed by atoms with Crippen LogP contribution in [-0.4, -0.2) is 23.2 Å². The van der Waals surface area contributed by atoms with Crippen LogP contribution in [0.2, 0.25) is 0 Å². The normalized spacial score (nSPS) is 11.3. The molecule has 0 aliphatic rings. The number of ether oxygens (including phenoxy) is 1. The molecule has 92 valence electrons. The number of hydrogen-bond donors (Lipinski definition) is 1. The van der Waals surface area contributed by atoms with E-state index in [1.165, 1.54) is 37.8 Å². The van der Waals surface area contributed by atoms with Gasteiger partial charge in [-0.05, 0) is 17.7 Å². The fraction of sp³-hybridized carbons (Fsp3) is 0.0769. The van der Waals surface area contributed by atoms with Crippen LogP contribution in [0, 0.1) is 0 Å². The third-order valence-electron chi connectivity index (χ3n) is 2.30. The van der Waals surface area contributed by atoms with Crippen molar-refractivity contribution in [2.24, 2.45) is 0 Å². The Morgan fingerprint density at radius 1 is 1.39 bits per heavy atom. The zero-order valence-electron chi connectivity index (χ0n) is 9.66. The Kier molecular flexibility index (Phi) is 3.43. The molecule has 5 heteroatoms. The Balaban J connectivity index is 2.46. The van der Waals surface area contributed by atoms with Crippen molar-refractivity contribution in [2.75, 3.05) is 7.11 Å². The van der Waals surface area contributed by atoms with Crippen molar-refractivity contribution in [2.45, 2.75) is 0 Å². The van der Waals surface area contributed by atoms with E-state index >= 15 is 0 Å². The Morgan fingerprint density at radius 2 is 2.11 bits per heavy atom. The lowest BCUT2D eigenvalue weighted by atomic mass is 10.1. The third-order valence-corrected chi connectivity index (χ3v) is 2.30. The van der Waals surface area contributed by atoms with Crippen LogP contribution in [0.15, 0.2) is 47.2 Å². The summed E-state index contributed by atoms with van der Waals surface area (Å²) in [5, 5.41) is 9.25. The number of phenolic OH excluding ortho intramolecular Hbond substituents is 1. The van der Waals surface area contributed by atoms with Crippen LogP contribution in [0.1, 0.15) is 11.5 Å². The lowest BCUT2D eigenvalue weighted by molar-refractivity contribution is -0.134. The fourth-order valence-corrected chi connectivity index (χ4v) is 1.44. The van der Waals surface area contributed by atoms with E-state index < -0.39 is 5.97 Å². The first-order chi connectivity index (χ1) is 8.70. The maximum atomic E-state index is 11.3. The zero-order valence-corrected chi connectivity index (χ0v) is 9.66. The number of rotatable bonds is 3. The van der Waals surface area contributed by atoms with Crippen molar-refractivity contribution in [1.29, 1.82) is 0 Å². The summed E-state index contributed by atoms with van der Waals surface area (Å²) in [7, 11) is 1.29. The largest absolute Gasteiger partial charge is 0.508 e. The van der Waals surface area contributed by atoms with Crippen LogP contribution >= 0.6 is 0 Å². The number of nitrogens with zero attached hydrogens (tertiary/aromatic N) is 1. The van der Waals surface area contributed by atoms with Crippen LogP contribution in [0.3, 0.4) is 0 Å². The fourth-order valence-electron chi connectivity index (χ4n) is 1.44. The molecule has 0 aliphatic heterocycles. The first kappa shape index (κ1) is 11.9. The molecule has 0 bridgehead atoms. The van der Waals surface area contributed by atoms with Gasteiger partial charge in [-0.15, -0.1) is 0 Å². The molecule has 5 nitrogen and oxygen atoms in total. The quantitative estimate of drug-likeness (QED) is 0.661. The Labute approximate surface area is 103 Å². The van der Waals surface area contributed by atoms with Crippen molar-refractivity contribution in [1.82, 2.24) is 4.98 Å². The molecule has 0 fully saturated rings. The predicted octanol–water partition coefficient (Wildman–Crippen LogP) is 1.98. The minimum Gasteiger partial charge on any atom is -0.508 e. The molecule has 1 N–H and O–H groups in total. The molecule has 2 rings (SSSR count). The van der Waals surface area contributed by atoms with Gasteiger partial charge in [0.25, 0.3) is 0 Å². The summed E-state index contributed by atoms with van der Waals surface area (Å²) in [4.78, 5) is 15.3. The number of aromatic nitrogens is 1. The van der Waals surface area contributed by atoms with Gasteiger partial charge < -0.3 is 14.3 Å². The molecule has 0 saturated heterocycles. The van der Waals surface area contributed by atoms with E-state index in [4.69, 9.17) is 4.42 Å². The van der Waals surface area contributed by atoms with E-state index in [2.05, 4.69) is 9.72 Å². The standard InChI is InChI=1S/C13H11NO4/c1-17-12(16)8-11(13-14-6-7-18-13)9-2-4-10(15)5-3-9/h2-8,15H,1H3. The van der Waals surface area contributed by atoms with Gasteiger partial charge in [0, 0.05) is 6.08 Å².